The Kier molecular flexibility index (Phi) is 7.57. The van der Waals surface area contributed by atoms with Gasteiger partial charge in [-0.25, -0.2) is 13.2 Å². The number of ether oxygens (including phenoxy) is 2. The lowest BCUT2D eigenvalue weighted by Crippen LogP contribution is -2.51. The second-order valence-corrected chi connectivity index (χ2v) is 7.79. The van der Waals surface area contributed by atoms with E-state index in [0.29, 0.717) is 25.4 Å². The summed E-state index contributed by atoms with van der Waals surface area (Å²) in [5.74, 6) is 0.144. The van der Waals surface area contributed by atoms with E-state index >= 15 is 0 Å². The minimum atomic E-state index is -3.60. The Morgan fingerprint density at radius 2 is 1.67 bits per heavy atom. The standard InChI is InChI=1S/C17H25N3O6S/c1-3-25-14-5-7-15(8-6-14)27(23,24)20-11-9-19(10-12-20)13-16(21)18-17(22)26-4-2/h5-8H,3-4,9-13H2,1-2H3,(H,18,21,22). The number of sulfonamides is 1. The summed E-state index contributed by atoms with van der Waals surface area (Å²) in [7, 11) is -3.60. The third-order valence-electron chi connectivity index (χ3n) is 3.99. The smallest absolute Gasteiger partial charge is 0.413 e. The van der Waals surface area contributed by atoms with Crippen LogP contribution in [0.3, 0.4) is 0 Å². The predicted molar refractivity (Wildman–Crippen MR) is 98.0 cm³/mol. The van der Waals surface area contributed by atoms with Crippen molar-refractivity contribution in [3.63, 3.8) is 0 Å². The fourth-order valence-corrected chi connectivity index (χ4v) is 4.10. The van der Waals surface area contributed by atoms with Crippen LogP contribution in [0.1, 0.15) is 13.8 Å². The Hall–Kier alpha value is -2.17. The molecular formula is C17H25N3O6S. The van der Waals surface area contributed by atoms with Gasteiger partial charge >= 0.3 is 6.09 Å². The Labute approximate surface area is 159 Å². The van der Waals surface area contributed by atoms with Gasteiger partial charge in [0, 0.05) is 26.2 Å². The van der Waals surface area contributed by atoms with Crippen molar-refractivity contribution in [2.75, 3.05) is 45.9 Å². The van der Waals surface area contributed by atoms with Crippen LogP contribution in [0.15, 0.2) is 29.2 Å². The molecule has 150 valence electrons. The zero-order valence-electron chi connectivity index (χ0n) is 15.5. The summed E-state index contributed by atoms with van der Waals surface area (Å²) in [6.07, 6.45) is -0.779. The molecule has 1 N–H and O–H groups in total. The van der Waals surface area contributed by atoms with Crippen LogP contribution in [0, 0.1) is 0 Å². The van der Waals surface area contributed by atoms with E-state index in [9.17, 15) is 18.0 Å². The van der Waals surface area contributed by atoms with Crippen LogP contribution in [-0.2, 0) is 19.6 Å². The molecule has 0 atom stereocenters. The first kappa shape index (κ1) is 21.1. The van der Waals surface area contributed by atoms with Crippen LogP contribution in [0.2, 0.25) is 0 Å². The van der Waals surface area contributed by atoms with Crippen molar-refractivity contribution >= 4 is 22.0 Å². The lowest BCUT2D eigenvalue weighted by molar-refractivity contribution is -0.121. The molecule has 1 aromatic carbocycles. The van der Waals surface area contributed by atoms with E-state index in [1.165, 1.54) is 16.4 Å². The number of hydrogen-bond donors (Lipinski definition) is 1. The van der Waals surface area contributed by atoms with Crippen LogP contribution in [0.4, 0.5) is 4.79 Å². The fraction of sp³-hybridized carbons (Fsp3) is 0.529. The number of hydrogen-bond acceptors (Lipinski definition) is 7. The fourth-order valence-electron chi connectivity index (χ4n) is 2.68. The summed E-state index contributed by atoms with van der Waals surface area (Å²) >= 11 is 0. The number of imide groups is 1. The maximum Gasteiger partial charge on any atom is 0.413 e. The van der Waals surface area contributed by atoms with E-state index in [1.807, 2.05) is 6.92 Å². The summed E-state index contributed by atoms with van der Waals surface area (Å²) in [5, 5.41) is 2.13. The lowest BCUT2D eigenvalue weighted by Gasteiger charge is -2.33. The quantitative estimate of drug-likeness (QED) is 0.718. The molecule has 1 aromatic rings. The van der Waals surface area contributed by atoms with Crippen molar-refractivity contribution in [3.8, 4) is 5.75 Å². The van der Waals surface area contributed by atoms with E-state index in [4.69, 9.17) is 4.74 Å². The summed E-state index contributed by atoms with van der Waals surface area (Å²) < 4.78 is 36.8. The van der Waals surface area contributed by atoms with E-state index in [1.54, 1.807) is 24.0 Å². The van der Waals surface area contributed by atoms with Gasteiger partial charge in [0.2, 0.25) is 15.9 Å². The second kappa shape index (κ2) is 9.67. The highest BCUT2D eigenvalue weighted by atomic mass is 32.2. The molecule has 1 saturated heterocycles. The van der Waals surface area contributed by atoms with Crippen LogP contribution >= 0.6 is 0 Å². The van der Waals surface area contributed by atoms with Gasteiger partial charge in [-0.05, 0) is 38.1 Å². The first-order valence-electron chi connectivity index (χ1n) is 8.78. The molecule has 0 radical (unpaired) electrons. The average molecular weight is 399 g/mol. The third kappa shape index (κ3) is 5.91. The van der Waals surface area contributed by atoms with Gasteiger partial charge in [-0.15, -0.1) is 0 Å². The minimum Gasteiger partial charge on any atom is -0.494 e. The number of nitrogens with zero attached hydrogens (tertiary/aromatic N) is 2. The first-order chi connectivity index (χ1) is 12.9. The summed E-state index contributed by atoms with van der Waals surface area (Å²) in [5.41, 5.74) is 0. The number of piperazine rings is 1. The van der Waals surface area contributed by atoms with Crippen LogP contribution in [-0.4, -0.2) is 75.6 Å². The third-order valence-corrected chi connectivity index (χ3v) is 5.90. The van der Waals surface area contributed by atoms with Gasteiger partial charge in [-0.3, -0.25) is 15.0 Å². The Morgan fingerprint density at radius 3 is 2.22 bits per heavy atom. The zero-order chi connectivity index (χ0) is 19.9. The number of amides is 2. The van der Waals surface area contributed by atoms with Crippen LogP contribution in [0.5, 0.6) is 5.75 Å². The molecule has 0 unspecified atom stereocenters. The topological polar surface area (TPSA) is 105 Å². The van der Waals surface area contributed by atoms with Gasteiger partial charge in [0.1, 0.15) is 5.75 Å². The molecule has 0 bridgehead atoms. The molecule has 1 aliphatic heterocycles. The van der Waals surface area contributed by atoms with E-state index in [-0.39, 0.29) is 31.1 Å². The van der Waals surface area contributed by atoms with E-state index in [0.717, 1.165) is 0 Å². The number of rotatable bonds is 7. The van der Waals surface area contributed by atoms with Crippen molar-refractivity contribution in [1.82, 2.24) is 14.5 Å². The molecule has 2 amide bonds. The highest BCUT2D eigenvalue weighted by molar-refractivity contribution is 7.89. The first-order valence-corrected chi connectivity index (χ1v) is 10.2. The largest absolute Gasteiger partial charge is 0.494 e. The van der Waals surface area contributed by atoms with Gasteiger partial charge in [0.05, 0.1) is 24.7 Å². The highest BCUT2D eigenvalue weighted by Crippen LogP contribution is 2.20. The Balaban J connectivity index is 1.88. The lowest BCUT2D eigenvalue weighted by atomic mass is 10.3. The molecule has 1 aliphatic rings. The zero-order valence-corrected chi connectivity index (χ0v) is 16.3. The molecule has 1 heterocycles. The van der Waals surface area contributed by atoms with Crippen molar-refractivity contribution in [2.45, 2.75) is 18.7 Å². The van der Waals surface area contributed by atoms with E-state index in [2.05, 4.69) is 10.1 Å². The minimum absolute atomic E-state index is 0.00968. The Bertz CT molecular complexity index is 742. The number of nitrogens with one attached hydrogen (secondary N) is 1. The Morgan fingerprint density at radius 1 is 1.04 bits per heavy atom. The normalized spacial score (nSPS) is 15.9. The number of carbonyl (C=O) groups is 2. The predicted octanol–water partition coefficient (Wildman–Crippen LogP) is 0.664. The number of carbonyl (C=O) groups excluding carboxylic acids is 2. The molecule has 0 spiro atoms. The summed E-state index contributed by atoms with van der Waals surface area (Å²) in [4.78, 5) is 25.0. The maximum atomic E-state index is 12.7. The molecule has 0 aromatic heterocycles. The van der Waals surface area contributed by atoms with Gasteiger partial charge in [0.15, 0.2) is 0 Å². The molecule has 9 nitrogen and oxygen atoms in total. The molecule has 2 rings (SSSR count). The van der Waals surface area contributed by atoms with Crippen LogP contribution < -0.4 is 10.1 Å². The molecule has 0 saturated carbocycles. The monoisotopic (exact) mass is 399 g/mol. The van der Waals surface area contributed by atoms with Crippen molar-refractivity contribution in [3.05, 3.63) is 24.3 Å². The summed E-state index contributed by atoms with van der Waals surface area (Å²) in [6.45, 7) is 5.53. The highest BCUT2D eigenvalue weighted by Gasteiger charge is 2.29. The molecule has 27 heavy (non-hydrogen) atoms. The molecule has 10 heteroatoms. The number of benzene rings is 1. The van der Waals surface area contributed by atoms with Crippen molar-refractivity contribution in [1.29, 1.82) is 0 Å². The second-order valence-electron chi connectivity index (χ2n) is 5.85. The van der Waals surface area contributed by atoms with Crippen molar-refractivity contribution in [2.24, 2.45) is 0 Å². The maximum absolute atomic E-state index is 12.7. The van der Waals surface area contributed by atoms with Gasteiger partial charge in [0.25, 0.3) is 0 Å². The average Bonchev–Trinajstić information content (AvgIpc) is 2.63. The van der Waals surface area contributed by atoms with Gasteiger partial charge in [-0.2, -0.15) is 4.31 Å². The summed E-state index contributed by atoms with van der Waals surface area (Å²) in [6, 6.07) is 6.32. The van der Waals surface area contributed by atoms with Crippen molar-refractivity contribution < 1.29 is 27.5 Å². The van der Waals surface area contributed by atoms with Gasteiger partial charge < -0.3 is 9.47 Å². The molecule has 0 aliphatic carbocycles. The molecule has 1 fully saturated rings. The number of alkyl carbamates (subject to hydrolysis) is 1. The van der Waals surface area contributed by atoms with E-state index < -0.39 is 22.0 Å². The van der Waals surface area contributed by atoms with Gasteiger partial charge in [-0.1, -0.05) is 0 Å². The van der Waals surface area contributed by atoms with Crippen LogP contribution in [0.25, 0.3) is 0 Å². The SMILES string of the molecule is CCOC(=O)NC(=O)CN1CCN(S(=O)(=O)c2ccc(OCC)cc2)CC1. The molecular weight excluding hydrogens is 374 g/mol.